The summed E-state index contributed by atoms with van der Waals surface area (Å²) in [5.41, 5.74) is 0. The summed E-state index contributed by atoms with van der Waals surface area (Å²) in [4.78, 5) is 38.1. The lowest BCUT2D eigenvalue weighted by atomic mass is 10.0. The van der Waals surface area contributed by atoms with Crippen molar-refractivity contribution in [3.05, 3.63) is 85.1 Å². The largest absolute Gasteiger partial charge is 0.462 e. The molecule has 0 bridgehead atoms. The molecule has 0 fully saturated rings. The Labute approximate surface area is 407 Å². The highest BCUT2D eigenvalue weighted by Crippen LogP contribution is 2.15. The predicted octanol–water partition coefficient (Wildman–Crippen LogP) is 18.4. The van der Waals surface area contributed by atoms with Crippen LogP contribution >= 0.6 is 0 Å². The van der Waals surface area contributed by atoms with Crippen molar-refractivity contribution in [3.63, 3.8) is 0 Å². The fourth-order valence-electron chi connectivity index (χ4n) is 7.57. The smallest absolute Gasteiger partial charge is 0.306 e. The van der Waals surface area contributed by atoms with E-state index in [1.807, 2.05) is 0 Å². The fourth-order valence-corrected chi connectivity index (χ4v) is 7.57. The molecule has 0 aliphatic heterocycles. The van der Waals surface area contributed by atoms with Crippen LogP contribution in [-0.4, -0.2) is 37.2 Å². The summed E-state index contributed by atoms with van der Waals surface area (Å²) in [6.07, 6.45) is 69.9. The third-order valence-corrected chi connectivity index (χ3v) is 11.6. The van der Waals surface area contributed by atoms with Crippen LogP contribution in [0.1, 0.15) is 258 Å². The zero-order valence-corrected chi connectivity index (χ0v) is 43.2. The van der Waals surface area contributed by atoms with Crippen molar-refractivity contribution in [2.75, 3.05) is 13.2 Å². The fraction of sp³-hybridized carbons (Fsp3) is 0.717. The maximum atomic E-state index is 12.8. The lowest BCUT2D eigenvalue weighted by Gasteiger charge is -2.18. The molecule has 0 aromatic carbocycles. The van der Waals surface area contributed by atoms with Crippen LogP contribution in [0.2, 0.25) is 0 Å². The molecule has 66 heavy (non-hydrogen) atoms. The van der Waals surface area contributed by atoms with Crippen LogP contribution in [0.4, 0.5) is 0 Å². The number of esters is 3. The molecule has 0 saturated carbocycles. The first-order valence-electron chi connectivity index (χ1n) is 27.6. The summed E-state index contributed by atoms with van der Waals surface area (Å²) < 4.78 is 16.8. The summed E-state index contributed by atoms with van der Waals surface area (Å²) in [5, 5.41) is 0. The first kappa shape index (κ1) is 62.6. The van der Waals surface area contributed by atoms with Crippen LogP contribution in [0.3, 0.4) is 0 Å². The van der Waals surface area contributed by atoms with Crippen molar-refractivity contribution in [2.24, 2.45) is 0 Å². The van der Waals surface area contributed by atoms with Gasteiger partial charge in [-0.25, -0.2) is 0 Å². The summed E-state index contributed by atoms with van der Waals surface area (Å²) >= 11 is 0. The second-order valence-corrected chi connectivity index (χ2v) is 18.1. The van der Waals surface area contributed by atoms with E-state index in [-0.39, 0.29) is 31.1 Å². The summed E-state index contributed by atoms with van der Waals surface area (Å²) in [5.74, 6) is -0.917. The summed E-state index contributed by atoms with van der Waals surface area (Å²) in [7, 11) is 0. The SMILES string of the molecule is CC/C=C\C/C=C\C/C=C\C/C=C\CCCCCCC(=O)OCC(COC(=O)CCCCCCCCCCCCCCCC)OC(=O)CCCCCCCCC/C=C\C/C=C\C/C=C\CC. The molecule has 0 rings (SSSR count). The zero-order valence-electron chi connectivity index (χ0n) is 43.2. The summed E-state index contributed by atoms with van der Waals surface area (Å²) in [6.45, 7) is 6.40. The van der Waals surface area contributed by atoms with E-state index in [9.17, 15) is 14.4 Å². The number of carbonyl (C=O) groups is 3. The van der Waals surface area contributed by atoms with Crippen molar-refractivity contribution < 1.29 is 28.6 Å². The van der Waals surface area contributed by atoms with Gasteiger partial charge in [-0.3, -0.25) is 14.4 Å². The van der Waals surface area contributed by atoms with E-state index in [1.165, 1.54) is 96.3 Å². The van der Waals surface area contributed by atoms with Gasteiger partial charge in [0.2, 0.25) is 0 Å². The Balaban J connectivity index is 4.44. The highest BCUT2D eigenvalue weighted by atomic mass is 16.6. The second kappa shape index (κ2) is 54.2. The van der Waals surface area contributed by atoms with Gasteiger partial charge in [0, 0.05) is 19.3 Å². The van der Waals surface area contributed by atoms with Crippen LogP contribution in [0, 0.1) is 0 Å². The Morgan fingerprint density at radius 2 is 0.591 bits per heavy atom. The molecule has 0 spiro atoms. The molecule has 0 aliphatic carbocycles. The van der Waals surface area contributed by atoms with Crippen LogP contribution in [-0.2, 0) is 28.6 Å². The Morgan fingerprint density at radius 3 is 0.924 bits per heavy atom. The third-order valence-electron chi connectivity index (χ3n) is 11.6. The number of ether oxygens (including phenoxy) is 3. The van der Waals surface area contributed by atoms with Crippen molar-refractivity contribution >= 4 is 17.9 Å². The van der Waals surface area contributed by atoms with Gasteiger partial charge in [0.1, 0.15) is 13.2 Å². The van der Waals surface area contributed by atoms with E-state index in [0.29, 0.717) is 19.3 Å². The van der Waals surface area contributed by atoms with Gasteiger partial charge in [-0.1, -0.05) is 234 Å². The Hall–Kier alpha value is -3.41. The minimum absolute atomic E-state index is 0.0870. The monoisotopic (exact) mass is 919 g/mol. The van der Waals surface area contributed by atoms with E-state index in [0.717, 1.165) is 122 Å². The average Bonchev–Trinajstić information content (AvgIpc) is 3.31. The third kappa shape index (κ3) is 51.6. The van der Waals surface area contributed by atoms with E-state index in [2.05, 4.69) is 106 Å². The Bertz CT molecular complexity index is 1290. The first-order valence-corrected chi connectivity index (χ1v) is 27.6. The minimum Gasteiger partial charge on any atom is -0.462 e. The lowest BCUT2D eigenvalue weighted by Crippen LogP contribution is -2.30. The van der Waals surface area contributed by atoms with Gasteiger partial charge in [0.15, 0.2) is 6.10 Å². The quantitative estimate of drug-likeness (QED) is 0.0262. The normalized spacial score (nSPS) is 12.7. The molecule has 0 aliphatic rings. The molecule has 0 heterocycles. The Kier molecular flexibility index (Phi) is 51.4. The molecular formula is C60H102O6. The highest BCUT2D eigenvalue weighted by molar-refractivity contribution is 5.71. The van der Waals surface area contributed by atoms with Gasteiger partial charge < -0.3 is 14.2 Å². The van der Waals surface area contributed by atoms with Crippen LogP contribution in [0.25, 0.3) is 0 Å². The number of unbranched alkanes of at least 4 members (excludes halogenated alkanes) is 24. The molecule has 6 nitrogen and oxygen atoms in total. The second-order valence-electron chi connectivity index (χ2n) is 18.1. The molecule has 6 heteroatoms. The first-order chi connectivity index (χ1) is 32.5. The van der Waals surface area contributed by atoms with E-state index < -0.39 is 6.10 Å². The topological polar surface area (TPSA) is 78.9 Å². The molecule has 0 saturated heterocycles. The van der Waals surface area contributed by atoms with E-state index in [4.69, 9.17) is 14.2 Å². The highest BCUT2D eigenvalue weighted by Gasteiger charge is 2.19. The molecule has 0 N–H and O–H groups in total. The number of hydrogen-bond donors (Lipinski definition) is 0. The Morgan fingerprint density at radius 1 is 0.318 bits per heavy atom. The lowest BCUT2D eigenvalue weighted by molar-refractivity contribution is -0.167. The standard InChI is InChI=1S/C60H102O6/c1-4-7-10-13-16-19-22-25-28-30-32-35-38-41-44-47-50-53-59(62)65-56-57(55-64-58(61)52-49-46-43-40-37-34-27-24-21-18-15-12-9-6-3)66-60(63)54-51-48-45-42-39-36-33-31-29-26-23-20-17-14-11-8-5-2/h7-8,10-11,16-17,19-20,25-26,28-29,32,35,57H,4-6,9,12-15,18,21-24,27,30-31,33-34,36-56H2,1-3H3/b10-7-,11-8-,19-16-,20-17-,28-25-,29-26-,35-32-. The molecule has 0 aromatic heterocycles. The van der Waals surface area contributed by atoms with Gasteiger partial charge in [-0.05, 0) is 89.9 Å². The molecule has 0 aromatic rings. The maximum absolute atomic E-state index is 12.8. The number of hydrogen-bond acceptors (Lipinski definition) is 6. The van der Waals surface area contributed by atoms with Crippen molar-refractivity contribution in [1.82, 2.24) is 0 Å². The maximum Gasteiger partial charge on any atom is 0.306 e. The van der Waals surface area contributed by atoms with Gasteiger partial charge in [0.05, 0.1) is 0 Å². The van der Waals surface area contributed by atoms with Gasteiger partial charge in [0.25, 0.3) is 0 Å². The van der Waals surface area contributed by atoms with Crippen molar-refractivity contribution in [1.29, 1.82) is 0 Å². The number of rotatable bonds is 49. The van der Waals surface area contributed by atoms with E-state index >= 15 is 0 Å². The predicted molar refractivity (Wildman–Crippen MR) is 284 cm³/mol. The van der Waals surface area contributed by atoms with Crippen LogP contribution in [0.5, 0.6) is 0 Å². The van der Waals surface area contributed by atoms with Crippen molar-refractivity contribution in [2.45, 2.75) is 264 Å². The molecular weight excluding hydrogens is 817 g/mol. The zero-order chi connectivity index (χ0) is 47.9. The number of carbonyl (C=O) groups excluding carboxylic acids is 3. The molecule has 378 valence electrons. The van der Waals surface area contributed by atoms with Crippen LogP contribution in [0.15, 0.2) is 85.1 Å². The summed E-state index contributed by atoms with van der Waals surface area (Å²) in [6, 6.07) is 0. The molecule has 0 amide bonds. The van der Waals surface area contributed by atoms with Crippen LogP contribution < -0.4 is 0 Å². The average molecular weight is 919 g/mol. The van der Waals surface area contributed by atoms with Gasteiger partial charge in [-0.2, -0.15) is 0 Å². The van der Waals surface area contributed by atoms with E-state index in [1.54, 1.807) is 0 Å². The van der Waals surface area contributed by atoms with Gasteiger partial charge in [-0.15, -0.1) is 0 Å². The van der Waals surface area contributed by atoms with Gasteiger partial charge >= 0.3 is 17.9 Å². The molecule has 1 unspecified atom stereocenters. The minimum atomic E-state index is -0.791. The molecule has 1 atom stereocenters. The molecule has 0 radical (unpaired) electrons. The van der Waals surface area contributed by atoms with Crippen molar-refractivity contribution in [3.8, 4) is 0 Å². The number of allylic oxidation sites excluding steroid dienone is 14.